The largest absolute Gasteiger partial charge is 0.487 e. The molecule has 0 saturated carbocycles. The summed E-state index contributed by atoms with van der Waals surface area (Å²) < 4.78 is 20.1. The van der Waals surface area contributed by atoms with Gasteiger partial charge in [0.25, 0.3) is 5.91 Å². The molecule has 9 nitrogen and oxygen atoms in total. The van der Waals surface area contributed by atoms with Gasteiger partial charge in [-0.15, -0.1) is 11.3 Å². The molecule has 1 aliphatic heterocycles. The molecule has 0 spiro atoms. The zero-order chi connectivity index (χ0) is 31.0. The summed E-state index contributed by atoms with van der Waals surface area (Å²) in [6.45, 7) is 1.25. The minimum absolute atomic E-state index is 0.175. The second-order valence-electron chi connectivity index (χ2n) is 11.0. The number of likely N-dealkylation sites (tertiary alicyclic amines) is 1. The molecule has 3 N–H and O–H groups in total. The third-order valence-electron chi connectivity index (χ3n) is 7.87. The van der Waals surface area contributed by atoms with E-state index in [9.17, 15) is 19.4 Å². The van der Waals surface area contributed by atoms with Crippen LogP contribution >= 0.6 is 22.9 Å². The Balaban J connectivity index is 1.19. The highest BCUT2D eigenvalue weighted by molar-refractivity contribution is 7.25. The Morgan fingerprint density at radius 1 is 1.18 bits per heavy atom. The Hall–Kier alpha value is -3.87. The topological polar surface area (TPSA) is 111 Å². The van der Waals surface area contributed by atoms with E-state index in [-0.39, 0.29) is 18.5 Å². The number of hydrogen-bond donors (Lipinski definition) is 3. The second kappa shape index (κ2) is 12.6. The van der Waals surface area contributed by atoms with Crippen molar-refractivity contribution in [1.82, 2.24) is 19.8 Å². The van der Waals surface area contributed by atoms with Crippen molar-refractivity contribution < 1.29 is 24.1 Å². The lowest BCUT2D eigenvalue weighted by Gasteiger charge is -2.25. The van der Waals surface area contributed by atoms with Gasteiger partial charge in [-0.05, 0) is 68.0 Å². The number of aliphatic hydroxyl groups excluding tert-OH is 2. The minimum atomic E-state index is -1.56. The average Bonchev–Trinajstić information content (AvgIpc) is 3.65. The predicted molar refractivity (Wildman–Crippen MR) is 170 cm³/mol. The molecule has 0 radical (unpaired) electrons. The maximum atomic E-state index is 13.5. The van der Waals surface area contributed by atoms with Crippen LogP contribution in [0.25, 0.3) is 20.3 Å². The number of carbonyl (C=O) groups excluding carboxylic acids is 1. The normalized spacial score (nSPS) is 16.5. The van der Waals surface area contributed by atoms with Gasteiger partial charge in [-0.2, -0.15) is 0 Å². The summed E-state index contributed by atoms with van der Waals surface area (Å²) in [4.78, 5) is 26.3. The number of aliphatic hydroxyl groups is 2. The van der Waals surface area contributed by atoms with E-state index < -0.39 is 18.1 Å². The SMILES string of the molecule is CN(C)[C@H]1CCN(C(=O)C(O)C(O)c2ccc3c(c2)sc2ncnc(Nc4ccc(OCc5cccc(F)c5)c(Cl)c4)c23)C1. The molecule has 3 atom stereocenters. The van der Waals surface area contributed by atoms with E-state index in [0.29, 0.717) is 46.5 Å². The number of nitrogens with one attached hydrogen (secondary N) is 1. The van der Waals surface area contributed by atoms with Crippen molar-refractivity contribution >= 4 is 60.7 Å². The van der Waals surface area contributed by atoms with Crippen LogP contribution in [0.5, 0.6) is 5.75 Å². The van der Waals surface area contributed by atoms with Gasteiger partial charge < -0.3 is 30.1 Å². The first kappa shape index (κ1) is 30.2. The highest BCUT2D eigenvalue weighted by atomic mass is 35.5. The molecule has 2 unspecified atom stereocenters. The first-order valence-electron chi connectivity index (χ1n) is 14.1. The van der Waals surface area contributed by atoms with Gasteiger partial charge >= 0.3 is 0 Å². The number of ether oxygens (including phenoxy) is 1. The first-order chi connectivity index (χ1) is 21.2. The Morgan fingerprint density at radius 2 is 2.02 bits per heavy atom. The molecule has 1 saturated heterocycles. The Bertz CT molecular complexity index is 1840. The van der Waals surface area contributed by atoms with Gasteiger partial charge in [0.15, 0.2) is 6.10 Å². The summed E-state index contributed by atoms with van der Waals surface area (Å²) in [7, 11) is 3.93. The molecule has 228 valence electrons. The van der Waals surface area contributed by atoms with E-state index in [0.717, 1.165) is 26.7 Å². The van der Waals surface area contributed by atoms with E-state index in [2.05, 4.69) is 20.2 Å². The van der Waals surface area contributed by atoms with Crippen molar-refractivity contribution in [2.45, 2.75) is 31.3 Å². The van der Waals surface area contributed by atoms with Crippen LogP contribution in [0, 0.1) is 5.82 Å². The Labute approximate surface area is 262 Å². The van der Waals surface area contributed by atoms with Crippen LogP contribution in [-0.4, -0.2) is 75.2 Å². The van der Waals surface area contributed by atoms with Gasteiger partial charge in [0.05, 0.1) is 10.4 Å². The van der Waals surface area contributed by atoms with Crippen molar-refractivity contribution in [2.75, 3.05) is 32.5 Å². The number of likely N-dealkylation sites (N-methyl/N-ethyl adjacent to an activating group) is 1. The van der Waals surface area contributed by atoms with Gasteiger partial charge in [0.2, 0.25) is 0 Å². The smallest absolute Gasteiger partial charge is 0.254 e. The highest BCUT2D eigenvalue weighted by Crippen LogP contribution is 2.39. The highest BCUT2D eigenvalue weighted by Gasteiger charge is 2.34. The molecule has 1 aliphatic rings. The number of benzene rings is 3. The summed E-state index contributed by atoms with van der Waals surface area (Å²) in [5.74, 6) is 0.229. The van der Waals surface area contributed by atoms with Gasteiger partial charge in [-0.3, -0.25) is 4.79 Å². The Kier molecular flexibility index (Phi) is 8.66. The quantitative estimate of drug-likeness (QED) is 0.194. The number of halogens is 2. The third-order valence-corrected chi connectivity index (χ3v) is 9.23. The molecule has 44 heavy (non-hydrogen) atoms. The summed E-state index contributed by atoms with van der Waals surface area (Å²) in [6.07, 6.45) is -0.644. The molecular formula is C32H31ClFN5O4S. The number of hydrogen-bond acceptors (Lipinski definition) is 9. The molecule has 0 bridgehead atoms. The van der Waals surface area contributed by atoms with E-state index in [4.69, 9.17) is 16.3 Å². The van der Waals surface area contributed by atoms with Crippen LogP contribution in [0.1, 0.15) is 23.7 Å². The molecule has 3 aromatic carbocycles. The van der Waals surface area contributed by atoms with Crippen LogP contribution in [0.3, 0.4) is 0 Å². The lowest BCUT2D eigenvalue weighted by molar-refractivity contribution is -0.145. The lowest BCUT2D eigenvalue weighted by atomic mass is 10.0. The van der Waals surface area contributed by atoms with Crippen molar-refractivity contribution in [3.8, 4) is 5.75 Å². The molecular weight excluding hydrogens is 605 g/mol. The lowest BCUT2D eigenvalue weighted by Crippen LogP contribution is -2.42. The van der Waals surface area contributed by atoms with Crippen molar-refractivity contribution in [1.29, 1.82) is 0 Å². The molecule has 3 heterocycles. The van der Waals surface area contributed by atoms with Crippen LogP contribution in [-0.2, 0) is 11.4 Å². The van der Waals surface area contributed by atoms with Crippen molar-refractivity contribution in [3.05, 3.63) is 89.0 Å². The van der Waals surface area contributed by atoms with E-state index in [1.165, 1.54) is 29.8 Å². The summed E-state index contributed by atoms with van der Waals surface area (Å²) in [5.41, 5.74) is 1.81. The maximum Gasteiger partial charge on any atom is 0.254 e. The minimum Gasteiger partial charge on any atom is -0.487 e. The van der Waals surface area contributed by atoms with Crippen LogP contribution < -0.4 is 10.1 Å². The number of aromatic nitrogens is 2. The number of thiophene rings is 1. The number of anilines is 2. The molecule has 12 heteroatoms. The standard InChI is InChI=1S/C32H31ClFN5O4S/c1-38(2)22-10-11-39(15-22)32(42)29(41)28(40)19-6-8-23-26(13-19)44-31-27(23)30(35-17-36-31)37-21-7-9-25(24(33)14-21)43-16-18-4-3-5-20(34)12-18/h3-9,12-14,17,22,28-29,40-41H,10-11,15-16H2,1-2H3,(H,35,36,37)/t22-,28?,29?/m0/s1. The Morgan fingerprint density at radius 3 is 2.77 bits per heavy atom. The summed E-state index contributed by atoms with van der Waals surface area (Å²) in [6, 6.07) is 17.0. The third kappa shape index (κ3) is 6.19. The fourth-order valence-electron chi connectivity index (χ4n) is 5.39. The van der Waals surface area contributed by atoms with Crippen molar-refractivity contribution in [2.24, 2.45) is 0 Å². The molecule has 2 aromatic heterocycles. The van der Waals surface area contributed by atoms with Crippen LogP contribution in [0.15, 0.2) is 67.0 Å². The van der Waals surface area contributed by atoms with Gasteiger partial charge in [0.1, 0.15) is 41.3 Å². The maximum absolute atomic E-state index is 13.5. The first-order valence-corrected chi connectivity index (χ1v) is 15.3. The summed E-state index contributed by atoms with van der Waals surface area (Å²) >= 11 is 7.92. The zero-order valence-corrected chi connectivity index (χ0v) is 25.6. The fourth-order valence-corrected chi connectivity index (χ4v) is 6.72. The number of carbonyl (C=O) groups is 1. The number of fused-ring (bicyclic) bond motifs is 3. The van der Waals surface area contributed by atoms with Crippen LogP contribution in [0.2, 0.25) is 5.02 Å². The van der Waals surface area contributed by atoms with Gasteiger partial charge in [0, 0.05) is 34.9 Å². The molecule has 0 aliphatic carbocycles. The van der Waals surface area contributed by atoms with E-state index in [1.807, 2.05) is 26.2 Å². The molecule has 5 aromatic rings. The summed E-state index contributed by atoms with van der Waals surface area (Å²) in [5, 5.41) is 27.1. The second-order valence-corrected chi connectivity index (χ2v) is 12.5. The molecule has 6 rings (SSSR count). The number of amides is 1. The zero-order valence-electron chi connectivity index (χ0n) is 24.1. The van der Waals surface area contributed by atoms with Gasteiger partial charge in [-0.1, -0.05) is 35.9 Å². The van der Waals surface area contributed by atoms with Gasteiger partial charge in [-0.25, -0.2) is 14.4 Å². The van der Waals surface area contributed by atoms with E-state index in [1.54, 1.807) is 41.3 Å². The van der Waals surface area contributed by atoms with E-state index >= 15 is 0 Å². The number of rotatable bonds is 9. The molecule has 1 fully saturated rings. The van der Waals surface area contributed by atoms with Crippen molar-refractivity contribution in [3.63, 3.8) is 0 Å². The predicted octanol–water partition coefficient (Wildman–Crippen LogP) is 5.52. The molecule has 1 amide bonds. The average molecular weight is 636 g/mol. The fraction of sp³-hybridized carbons (Fsp3) is 0.281. The number of nitrogens with zero attached hydrogens (tertiary/aromatic N) is 4. The van der Waals surface area contributed by atoms with Crippen LogP contribution in [0.4, 0.5) is 15.9 Å². The monoisotopic (exact) mass is 635 g/mol.